The number of hydrogen-bond acceptors (Lipinski definition) is 4. The number of fused-ring (bicyclic) bond motifs is 13. The summed E-state index contributed by atoms with van der Waals surface area (Å²) < 4.78 is 13.9. The number of benzene rings is 22. The molecule has 0 aliphatic heterocycles. The number of nitrogens with zero attached hydrogens (tertiary/aromatic N) is 2. The van der Waals surface area contributed by atoms with E-state index in [2.05, 4.69) is 483 Å². The van der Waals surface area contributed by atoms with Crippen LogP contribution >= 0.6 is 0 Å². The van der Waals surface area contributed by atoms with Crippen LogP contribution in [0, 0.1) is 0 Å². The van der Waals surface area contributed by atoms with Gasteiger partial charge in [0.15, 0.2) is 0 Å². The van der Waals surface area contributed by atoms with E-state index in [1.807, 2.05) is 0 Å². The third kappa shape index (κ3) is 12.9. The van der Waals surface area contributed by atoms with Crippen molar-refractivity contribution in [2.75, 3.05) is 9.80 Å². The van der Waals surface area contributed by atoms with Crippen LogP contribution in [-0.4, -0.2) is 0 Å². The van der Waals surface area contributed by atoms with Gasteiger partial charge >= 0.3 is 0 Å². The first-order valence-electron chi connectivity index (χ1n) is 43.2. The Hall–Kier alpha value is -16.7. The molecule has 24 aromatic rings. The van der Waals surface area contributed by atoms with Crippen molar-refractivity contribution in [1.29, 1.82) is 0 Å². The summed E-state index contributed by atoms with van der Waals surface area (Å²) in [6.45, 7) is 0. The molecule has 0 amide bonds. The molecule has 2 aromatic heterocycles. The molecule has 0 N–H and O–H groups in total. The van der Waals surface area contributed by atoms with Gasteiger partial charge in [-0.2, -0.15) is 0 Å². The quantitative estimate of drug-likeness (QED) is 0.0965. The molecule has 0 atom stereocenters. The minimum Gasteiger partial charge on any atom is -0.455 e. The molecule has 4 heteroatoms. The predicted molar refractivity (Wildman–Crippen MR) is 532 cm³/mol. The van der Waals surface area contributed by atoms with Gasteiger partial charge in [-0.3, -0.25) is 0 Å². The SMILES string of the molecule is c1ccc(-c2ccc(-c3ccc(N(c4cccc(-c5cccc6oc7c8cc(-c9ccc%10c(-c%11ccc(-c%12ccccc%12)c(N(c%12ccc(-c%13cccc%14ccccc%13%14)cc%12)c%12ccc(-c%13cccc%14oc%15c%16ccccc%16ccc%15c%13%14)cc%12)c%11)cccc%10c9)ccc8ccc7c56)c4)c4cc(-c5cccc6ccccc56)ccc4-c4ccccc4)cc3)cc2)cc1. The highest BCUT2D eigenvalue weighted by Gasteiger charge is 2.26. The van der Waals surface area contributed by atoms with Crippen LogP contribution < -0.4 is 9.80 Å². The van der Waals surface area contributed by atoms with Crippen LogP contribution in [0.1, 0.15) is 0 Å². The standard InChI is InChI=1S/C122H78N2O2/c1-4-22-79(23-5-1)80-46-48-81(49-47-80)82-52-63-99(64-53-82)124(116-78-95(61-71-108(116)86-26-8-3-9-27-86)104-40-18-32-84-29-11-14-37-102(84)104)100-35-16-33-94(75-100)110-43-21-45-118-120(110)113-73-59-90-50-51-92(76-114(90)122(113)126-118)91-60-69-106-93(74-91)34-19-41-105(106)96-62-70-107(85-24-6-2-7-25-85)115(77-96)123(97-65-54-88(55-66-97)103-39-17-31-83-28-10-13-36-101(83)103)98-67-56-89(57-68-98)109-42-20-44-117-119(109)112-72-58-87-30-12-15-38-111(87)121(112)125-117/h1-78H. The van der Waals surface area contributed by atoms with E-state index in [4.69, 9.17) is 8.83 Å². The molecule has 0 unspecified atom stereocenters. The van der Waals surface area contributed by atoms with Gasteiger partial charge in [-0.25, -0.2) is 0 Å². The van der Waals surface area contributed by atoms with Gasteiger partial charge in [0.05, 0.1) is 11.4 Å². The zero-order valence-corrected chi connectivity index (χ0v) is 68.7. The summed E-state index contributed by atoms with van der Waals surface area (Å²) in [6, 6.07) is 173. The van der Waals surface area contributed by atoms with E-state index >= 15 is 0 Å². The van der Waals surface area contributed by atoms with E-state index in [0.717, 1.165) is 199 Å². The maximum absolute atomic E-state index is 7.20. The predicted octanol–water partition coefficient (Wildman–Crippen LogP) is 34.9. The van der Waals surface area contributed by atoms with Gasteiger partial charge < -0.3 is 18.6 Å². The van der Waals surface area contributed by atoms with E-state index < -0.39 is 0 Å². The second kappa shape index (κ2) is 30.8. The zero-order chi connectivity index (χ0) is 83.1. The minimum absolute atomic E-state index is 0.834. The Kier molecular flexibility index (Phi) is 17.9. The van der Waals surface area contributed by atoms with Crippen molar-refractivity contribution in [3.63, 3.8) is 0 Å². The third-order valence-corrected chi connectivity index (χ3v) is 25.7. The molecule has 4 nitrogen and oxygen atoms in total. The minimum atomic E-state index is 0.834. The van der Waals surface area contributed by atoms with Gasteiger partial charge in [-0.05, 0) is 240 Å². The molecule has 0 bridgehead atoms. The van der Waals surface area contributed by atoms with Crippen LogP contribution in [-0.2, 0) is 0 Å². The van der Waals surface area contributed by atoms with Crippen molar-refractivity contribution < 1.29 is 8.83 Å². The molecule has 0 aliphatic rings. The Morgan fingerprint density at radius 3 is 0.992 bits per heavy atom. The molecule has 22 aromatic carbocycles. The molecule has 0 spiro atoms. The summed E-state index contributed by atoms with van der Waals surface area (Å²) >= 11 is 0. The number of furan rings is 2. The van der Waals surface area contributed by atoms with Gasteiger partial charge in [-0.1, -0.05) is 376 Å². The number of rotatable bonds is 16. The molecular formula is C122H78N2O2. The highest BCUT2D eigenvalue weighted by Crippen LogP contribution is 2.51. The Balaban J connectivity index is 0.599. The Bertz CT molecular complexity index is 8350. The van der Waals surface area contributed by atoms with Crippen molar-refractivity contribution in [3.05, 3.63) is 473 Å². The van der Waals surface area contributed by atoms with Crippen LogP contribution in [0.5, 0.6) is 0 Å². The fourth-order valence-corrected chi connectivity index (χ4v) is 19.5. The van der Waals surface area contributed by atoms with E-state index in [0.29, 0.717) is 0 Å². The Morgan fingerprint density at radius 1 is 0.143 bits per heavy atom. The van der Waals surface area contributed by atoms with E-state index in [1.54, 1.807) is 0 Å². The summed E-state index contributed by atoms with van der Waals surface area (Å²) in [6.07, 6.45) is 0. The maximum Gasteiger partial charge on any atom is 0.143 e. The van der Waals surface area contributed by atoms with Crippen LogP contribution in [0.4, 0.5) is 34.1 Å². The molecule has 0 saturated heterocycles. The lowest BCUT2D eigenvalue weighted by molar-refractivity contribution is 0.672. The van der Waals surface area contributed by atoms with Gasteiger partial charge in [0.25, 0.3) is 0 Å². The van der Waals surface area contributed by atoms with Crippen molar-refractivity contribution in [3.8, 4) is 111 Å². The Morgan fingerprint density at radius 2 is 0.452 bits per heavy atom. The first kappa shape index (κ1) is 73.3. The highest BCUT2D eigenvalue weighted by atomic mass is 16.3. The van der Waals surface area contributed by atoms with Crippen molar-refractivity contribution >= 4 is 132 Å². The average Bonchev–Trinajstić information content (AvgIpc) is 1.54. The molecule has 0 radical (unpaired) electrons. The first-order valence-corrected chi connectivity index (χ1v) is 43.2. The maximum atomic E-state index is 7.20. The largest absolute Gasteiger partial charge is 0.455 e. The normalized spacial score (nSPS) is 11.7. The third-order valence-electron chi connectivity index (χ3n) is 25.7. The lowest BCUT2D eigenvalue weighted by Gasteiger charge is -2.29. The molecule has 0 aliphatic carbocycles. The van der Waals surface area contributed by atoms with E-state index in [1.165, 1.54) is 43.8 Å². The van der Waals surface area contributed by atoms with Gasteiger partial charge in [0, 0.05) is 66.2 Å². The van der Waals surface area contributed by atoms with Crippen LogP contribution in [0.15, 0.2) is 482 Å². The fourth-order valence-electron chi connectivity index (χ4n) is 19.5. The van der Waals surface area contributed by atoms with Crippen molar-refractivity contribution in [1.82, 2.24) is 0 Å². The monoisotopic (exact) mass is 1600 g/mol. The molecule has 0 fully saturated rings. The second-order valence-electron chi connectivity index (χ2n) is 32.9. The smallest absolute Gasteiger partial charge is 0.143 e. The van der Waals surface area contributed by atoms with E-state index in [-0.39, 0.29) is 0 Å². The lowest BCUT2D eigenvalue weighted by atomic mass is 9.92. The summed E-state index contributed by atoms with van der Waals surface area (Å²) in [5, 5.41) is 16.0. The lowest BCUT2D eigenvalue weighted by Crippen LogP contribution is -2.11. The summed E-state index contributed by atoms with van der Waals surface area (Å²) in [5.41, 5.74) is 32.5. The molecule has 2 heterocycles. The summed E-state index contributed by atoms with van der Waals surface area (Å²) in [4.78, 5) is 4.90. The first-order chi connectivity index (χ1) is 62.4. The Labute approximate surface area is 729 Å². The fraction of sp³-hybridized carbons (Fsp3) is 0. The van der Waals surface area contributed by atoms with Crippen molar-refractivity contribution in [2.24, 2.45) is 0 Å². The van der Waals surface area contributed by atoms with Crippen molar-refractivity contribution in [2.45, 2.75) is 0 Å². The van der Waals surface area contributed by atoms with Crippen LogP contribution in [0.3, 0.4) is 0 Å². The number of anilines is 6. The van der Waals surface area contributed by atoms with Crippen LogP contribution in [0.2, 0.25) is 0 Å². The molecule has 0 saturated carbocycles. The van der Waals surface area contributed by atoms with Gasteiger partial charge in [0.2, 0.25) is 0 Å². The van der Waals surface area contributed by atoms with Gasteiger partial charge in [-0.15, -0.1) is 0 Å². The van der Waals surface area contributed by atoms with E-state index in [9.17, 15) is 0 Å². The second-order valence-corrected chi connectivity index (χ2v) is 32.9. The highest BCUT2D eigenvalue weighted by molar-refractivity contribution is 6.21. The molecule has 588 valence electrons. The molecule has 24 rings (SSSR count). The summed E-state index contributed by atoms with van der Waals surface area (Å²) in [5.74, 6) is 0. The molecule has 126 heavy (non-hydrogen) atoms. The summed E-state index contributed by atoms with van der Waals surface area (Å²) in [7, 11) is 0. The van der Waals surface area contributed by atoms with Crippen LogP contribution in [0.25, 0.3) is 209 Å². The zero-order valence-electron chi connectivity index (χ0n) is 68.7. The topological polar surface area (TPSA) is 32.8 Å². The average molecular weight is 1600 g/mol. The number of hydrogen-bond donors (Lipinski definition) is 0. The molecular weight excluding hydrogens is 1530 g/mol. The van der Waals surface area contributed by atoms with Gasteiger partial charge in [0.1, 0.15) is 22.3 Å².